The summed E-state index contributed by atoms with van der Waals surface area (Å²) in [6.45, 7) is 6.96. The average molecular weight is 934 g/mol. The third-order valence-electron chi connectivity index (χ3n) is 16.4. The van der Waals surface area contributed by atoms with Gasteiger partial charge in [-0.15, -0.1) is 0 Å². The van der Waals surface area contributed by atoms with E-state index in [1.807, 2.05) is 79.4 Å². The van der Waals surface area contributed by atoms with Crippen LogP contribution in [0.25, 0.3) is 38.9 Å². The van der Waals surface area contributed by atoms with E-state index >= 15 is 8.78 Å². The monoisotopic (exact) mass is 933 g/mol. The van der Waals surface area contributed by atoms with Crippen molar-refractivity contribution in [3.8, 4) is 22.3 Å². The van der Waals surface area contributed by atoms with Crippen molar-refractivity contribution in [2.45, 2.75) is 94.9 Å². The first-order valence-corrected chi connectivity index (χ1v) is 24.7. The molecule has 3 amide bonds. The lowest BCUT2D eigenvalue weighted by atomic mass is 9.93. The second-order valence-corrected chi connectivity index (χ2v) is 20.8. The summed E-state index contributed by atoms with van der Waals surface area (Å²) in [5.41, 5.74) is 7.37. The number of methoxy groups -OCH3 is 1. The Bertz CT molecular complexity index is 2960. The van der Waals surface area contributed by atoms with Gasteiger partial charge in [0.2, 0.25) is 11.8 Å². The number of hydrogen-bond donors (Lipinski definition) is 2. The number of allylic oxidation sites excluding steroid dienone is 1. The number of aliphatic imine (C=N–C) groups is 1. The zero-order valence-corrected chi connectivity index (χ0v) is 39.2. The Morgan fingerprint density at radius 1 is 0.884 bits per heavy atom. The largest absolute Gasteiger partial charge is 0.453 e. The van der Waals surface area contributed by atoms with Gasteiger partial charge in [-0.05, 0) is 119 Å². The molecule has 4 aliphatic heterocycles. The molecular formula is C55H57F2N7O5. The Labute approximate surface area is 400 Å². The topological polar surface area (TPSA) is 132 Å². The third-order valence-corrected chi connectivity index (χ3v) is 16.4. The zero-order chi connectivity index (χ0) is 47.3. The summed E-state index contributed by atoms with van der Waals surface area (Å²) >= 11 is 0. The minimum atomic E-state index is -3.24. The number of rotatable bonds is 10. The Morgan fingerprint density at radius 2 is 1.59 bits per heavy atom. The number of imidazole rings is 1. The van der Waals surface area contributed by atoms with Gasteiger partial charge in [0, 0.05) is 55.1 Å². The number of morpholine rings is 1. The van der Waals surface area contributed by atoms with Gasteiger partial charge in [-0.2, -0.15) is 8.78 Å². The lowest BCUT2D eigenvalue weighted by Gasteiger charge is -2.41. The number of carbonyl (C=O) groups is 3. The molecule has 5 fully saturated rings. The molecule has 6 atom stereocenters. The number of alkyl carbamates (subject to hydrolysis) is 1. The smallest absolute Gasteiger partial charge is 0.407 e. The molecule has 1 spiro atoms. The molecule has 12 rings (SSSR count). The summed E-state index contributed by atoms with van der Waals surface area (Å²) < 4.78 is 44.1. The minimum absolute atomic E-state index is 0.0330. The number of nitrogens with zero attached hydrogens (tertiary/aromatic N) is 5. The van der Waals surface area contributed by atoms with Crippen LogP contribution in [-0.2, 0) is 25.0 Å². The molecule has 5 aromatic rings. The molecule has 7 aliphatic rings. The minimum Gasteiger partial charge on any atom is -0.453 e. The number of amides is 3. The number of carbonyl (C=O) groups excluding carboxylic acids is 3. The molecule has 3 aliphatic carbocycles. The number of aromatic amines is 1. The van der Waals surface area contributed by atoms with E-state index in [0.717, 1.165) is 77.8 Å². The number of likely N-dealkylation sites (tertiary alicyclic amines) is 2. The van der Waals surface area contributed by atoms with Crippen LogP contribution < -0.4 is 5.32 Å². The maximum Gasteiger partial charge on any atom is 0.407 e. The van der Waals surface area contributed by atoms with Crippen LogP contribution >= 0.6 is 0 Å². The van der Waals surface area contributed by atoms with Crippen LogP contribution in [0.15, 0.2) is 96.1 Å². The van der Waals surface area contributed by atoms with E-state index in [-0.39, 0.29) is 52.4 Å². The molecule has 2 saturated carbocycles. The van der Waals surface area contributed by atoms with Crippen molar-refractivity contribution in [3.05, 3.63) is 119 Å². The van der Waals surface area contributed by atoms with Crippen molar-refractivity contribution >= 4 is 40.2 Å². The van der Waals surface area contributed by atoms with E-state index in [2.05, 4.69) is 20.1 Å². The summed E-state index contributed by atoms with van der Waals surface area (Å²) in [7, 11) is 1.28. The van der Waals surface area contributed by atoms with E-state index in [1.54, 1.807) is 30.5 Å². The van der Waals surface area contributed by atoms with Gasteiger partial charge >= 0.3 is 6.09 Å². The van der Waals surface area contributed by atoms with Crippen LogP contribution in [0.3, 0.4) is 0 Å². The van der Waals surface area contributed by atoms with Crippen LogP contribution in [0.4, 0.5) is 13.6 Å². The first-order chi connectivity index (χ1) is 33.4. The molecule has 12 nitrogen and oxygen atoms in total. The molecule has 0 radical (unpaired) electrons. The van der Waals surface area contributed by atoms with Crippen molar-refractivity contribution in [1.29, 1.82) is 0 Å². The molecule has 14 heteroatoms. The second-order valence-electron chi connectivity index (χ2n) is 20.8. The molecule has 5 heterocycles. The number of fused-ring (bicyclic) bond motifs is 6. The summed E-state index contributed by atoms with van der Waals surface area (Å²) in [5.74, 6) is -2.38. The molecule has 1 aromatic heterocycles. The van der Waals surface area contributed by atoms with Crippen molar-refractivity contribution in [1.82, 2.24) is 30.0 Å². The van der Waals surface area contributed by atoms with E-state index in [9.17, 15) is 14.4 Å². The number of benzene rings is 4. The molecule has 69 heavy (non-hydrogen) atoms. The van der Waals surface area contributed by atoms with Gasteiger partial charge in [-0.25, -0.2) is 9.78 Å². The number of H-pyrrole nitrogens is 1. The highest BCUT2D eigenvalue weighted by atomic mass is 19.3. The van der Waals surface area contributed by atoms with Gasteiger partial charge in [-0.3, -0.25) is 19.5 Å². The second kappa shape index (κ2) is 16.7. The van der Waals surface area contributed by atoms with E-state index in [1.165, 1.54) is 7.11 Å². The Balaban J connectivity index is 0.778. The molecule has 2 N–H and O–H groups in total. The first-order valence-electron chi connectivity index (χ1n) is 24.7. The summed E-state index contributed by atoms with van der Waals surface area (Å²) in [4.78, 5) is 60.9. The van der Waals surface area contributed by atoms with Gasteiger partial charge in [0.25, 0.3) is 5.92 Å². The lowest BCUT2D eigenvalue weighted by molar-refractivity contribution is -0.144. The van der Waals surface area contributed by atoms with Crippen LogP contribution in [-0.4, -0.2) is 106 Å². The number of piperidine rings is 1. The standard InChI is InChI=1S/C55H57F2N7O5/c1-31(2)47(61-53(67)68-3)51(65)63-30-54(17-18-54)28-46(63)45-27-37(29-58-45)34-11-15-40-39-14-10-33(24-41(39)55(56,57)42(40)25-34)35-12-16-43-44(26-35)60-50(59-43)48-36-9-13-38(23-36)64(48)52(66)49(32-7-5-4-6-8-32)62-19-21-69-22-20-62/h4-8,10-12,14-16,24-26,29,31,36,38,46-49H,9,13,17-23,27-28,30H2,1-3H3,(H,59,60)(H,61,67)/t36-,38+,46-,47-,48-,49-/m0/s1. The van der Waals surface area contributed by atoms with E-state index in [0.29, 0.717) is 67.4 Å². The summed E-state index contributed by atoms with van der Waals surface area (Å²) in [6.07, 6.45) is 7.38. The van der Waals surface area contributed by atoms with E-state index < -0.39 is 24.1 Å². The molecule has 356 valence electrons. The zero-order valence-electron chi connectivity index (χ0n) is 39.2. The van der Waals surface area contributed by atoms with Gasteiger partial charge < -0.3 is 29.6 Å². The summed E-state index contributed by atoms with van der Waals surface area (Å²) in [5, 5.41) is 2.73. The predicted octanol–water partition coefficient (Wildman–Crippen LogP) is 9.42. The Kier molecular flexibility index (Phi) is 10.7. The van der Waals surface area contributed by atoms with Crippen molar-refractivity contribution < 1.29 is 32.6 Å². The Hall–Kier alpha value is -6.25. The van der Waals surface area contributed by atoms with Gasteiger partial charge in [0.05, 0.1) is 43.4 Å². The van der Waals surface area contributed by atoms with Crippen LogP contribution in [0.2, 0.25) is 0 Å². The van der Waals surface area contributed by atoms with Gasteiger partial charge in [-0.1, -0.05) is 74.5 Å². The van der Waals surface area contributed by atoms with Crippen molar-refractivity contribution in [3.63, 3.8) is 0 Å². The SMILES string of the molecule is COC(=O)N[C@H](C(=O)N1CC2(CC2)C[C@H]1C1=NC=C(c2ccc3c(c2)C(F)(F)c2cc(-c4ccc5nc([C@@H]6[C@H]7CC[C@H](C7)N6C(=O)[C@H](c6ccccc6)N6CCOCC6)[nH]c5c4)ccc2-3)C1)C(C)C. The number of aromatic nitrogens is 2. The molecule has 2 bridgehead atoms. The first kappa shape index (κ1) is 44.0. The summed E-state index contributed by atoms with van der Waals surface area (Å²) in [6, 6.07) is 25.1. The quantitative estimate of drug-likeness (QED) is 0.143. The predicted molar refractivity (Wildman–Crippen MR) is 258 cm³/mol. The highest BCUT2D eigenvalue weighted by Crippen LogP contribution is 2.57. The Morgan fingerprint density at radius 3 is 2.32 bits per heavy atom. The van der Waals surface area contributed by atoms with Gasteiger partial charge in [0.15, 0.2) is 0 Å². The van der Waals surface area contributed by atoms with Crippen molar-refractivity contribution in [2.24, 2.45) is 22.2 Å². The maximum atomic E-state index is 16.8. The number of ether oxygens (including phenoxy) is 2. The lowest BCUT2D eigenvalue weighted by Crippen LogP contribution is -2.53. The van der Waals surface area contributed by atoms with E-state index in [4.69, 9.17) is 19.5 Å². The van der Waals surface area contributed by atoms with Gasteiger partial charge in [0.1, 0.15) is 17.9 Å². The normalized spacial score (nSPS) is 24.9. The number of alkyl halides is 2. The van der Waals surface area contributed by atoms with Crippen LogP contribution in [0, 0.1) is 17.3 Å². The third kappa shape index (κ3) is 7.47. The fourth-order valence-corrected chi connectivity index (χ4v) is 12.6. The van der Waals surface area contributed by atoms with Crippen molar-refractivity contribution in [2.75, 3.05) is 40.0 Å². The highest BCUT2D eigenvalue weighted by molar-refractivity contribution is 6.04. The molecular weight excluding hydrogens is 877 g/mol. The number of halogens is 2. The van der Waals surface area contributed by atoms with Crippen LogP contribution in [0.5, 0.6) is 0 Å². The number of hydrogen-bond acceptors (Lipinski definition) is 8. The maximum absolute atomic E-state index is 16.8. The fourth-order valence-electron chi connectivity index (χ4n) is 12.6. The number of nitrogens with one attached hydrogen (secondary N) is 2. The average Bonchev–Trinajstić information content (AvgIpc) is 4.03. The van der Waals surface area contributed by atoms with Crippen LogP contribution in [0.1, 0.15) is 99.0 Å². The molecule has 0 unspecified atom stereocenters. The molecule has 3 saturated heterocycles. The fraction of sp³-hybridized carbons (Fsp3) is 0.436. The molecule has 4 aromatic carbocycles. The highest BCUT2D eigenvalue weighted by Gasteiger charge is 2.56.